The van der Waals surface area contributed by atoms with E-state index in [0.717, 1.165) is 32.6 Å². The van der Waals surface area contributed by atoms with Gasteiger partial charge in [-0.15, -0.1) is 0 Å². The highest BCUT2D eigenvalue weighted by Gasteiger charge is 2.20. The molecule has 0 amide bonds. The molecule has 1 N–H and O–H groups in total. The van der Waals surface area contributed by atoms with Crippen molar-refractivity contribution in [1.82, 2.24) is 10.2 Å². The van der Waals surface area contributed by atoms with Crippen molar-refractivity contribution in [2.24, 2.45) is 0 Å². The maximum atomic E-state index is 8.82. The minimum Gasteiger partial charge on any atom is -0.313 e. The van der Waals surface area contributed by atoms with E-state index in [2.05, 4.69) is 22.4 Å². The Labute approximate surface area is 78.7 Å². The van der Waals surface area contributed by atoms with Crippen LogP contribution in [0.5, 0.6) is 0 Å². The van der Waals surface area contributed by atoms with Crippen LogP contribution in [-0.2, 0) is 0 Å². The first kappa shape index (κ1) is 9.98. The molecule has 70 valence electrons. The average molecular weight is 178 g/mol. The topological polar surface area (TPSA) is 62.9 Å². The normalized spacial score (nSPS) is 23.4. The molecule has 0 aliphatic carbocycles. The maximum Gasteiger partial charge on any atom is 0.110 e. The molecule has 0 aromatic heterocycles. The molecule has 1 rings (SSSR count). The maximum absolute atomic E-state index is 8.82. The summed E-state index contributed by atoms with van der Waals surface area (Å²) in [6.07, 6.45) is 1.46. The Balaban J connectivity index is 2.29. The molecule has 1 aliphatic heterocycles. The number of hydrogen-bond donors (Lipinski definition) is 1. The molecule has 13 heavy (non-hydrogen) atoms. The zero-order chi connectivity index (χ0) is 9.52. The number of rotatable bonds is 3. The van der Waals surface area contributed by atoms with Crippen LogP contribution >= 0.6 is 0 Å². The molecule has 1 heterocycles. The number of nitriles is 2. The molecule has 4 nitrogen and oxygen atoms in total. The summed E-state index contributed by atoms with van der Waals surface area (Å²) in [4.78, 5) is 2.15. The van der Waals surface area contributed by atoms with Gasteiger partial charge in [0.15, 0.2) is 0 Å². The zero-order valence-corrected chi connectivity index (χ0v) is 7.66. The highest BCUT2D eigenvalue weighted by atomic mass is 15.2. The molecule has 0 aromatic carbocycles. The summed E-state index contributed by atoms with van der Waals surface area (Å²) < 4.78 is 0. The van der Waals surface area contributed by atoms with E-state index in [-0.39, 0.29) is 6.04 Å². The number of nitrogens with one attached hydrogen (secondary N) is 1. The predicted molar refractivity (Wildman–Crippen MR) is 48.7 cm³/mol. The Morgan fingerprint density at radius 3 is 3.00 bits per heavy atom. The van der Waals surface area contributed by atoms with Gasteiger partial charge in [0.2, 0.25) is 0 Å². The van der Waals surface area contributed by atoms with Gasteiger partial charge in [-0.3, -0.25) is 4.90 Å². The van der Waals surface area contributed by atoms with Crippen molar-refractivity contribution < 1.29 is 0 Å². The first-order valence-corrected chi connectivity index (χ1v) is 4.60. The van der Waals surface area contributed by atoms with Crippen molar-refractivity contribution >= 4 is 0 Å². The molecule has 0 aromatic rings. The van der Waals surface area contributed by atoms with Crippen molar-refractivity contribution in [3.63, 3.8) is 0 Å². The number of piperazine rings is 1. The van der Waals surface area contributed by atoms with Crippen molar-refractivity contribution in [3.8, 4) is 12.1 Å². The van der Waals surface area contributed by atoms with Crippen LogP contribution in [0.1, 0.15) is 12.8 Å². The van der Waals surface area contributed by atoms with Gasteiger partial charge in [-0.05, 0) is 6.42 Å². The lowest BCUT2D eigenvalue weighted by atomic mass is 10.2. The van der Waals surface area contributed by atoms with E-state index in [1.54, 1.807) is 0 Å². The zero-order valence-electron chi connectivity index (χ0n) is 7.66. The molecule has 4 heteroatoms. The molecule has 0 saturated carbocycles. The quantitative estimate of drug-likeness (QED) is 0.622. The SMILES string of the molecule is N#CCCCN1CCNCC1C#N. The average Bonchev–Trinajstić information content (AvgIpc) is 2.19. The molecule has 1 saturated heterocycles. The Morgan fingerprint density at radius 1 is 1.46 bits per heavy atom. The Hall–Kier alpha value is -1.10. The van der Waals surface area contributed by atoms with Crippen LogP contribution < -0.4 is 5.32 Å². The second-order valence-electron chi connectivity index (χ2n) is 3.15. The summed E-state index contributed by atoms with van der Waals surface area (Å²) in [5.74, 6) is 0. The van der Waals surface area contributed by atoms with Gasteiger partial charge in [-0.2, -0.15) is 10.5 Å². The van der Waals surface area contributed by atoms with Crippen molar-refractivity contribution in [3.05, 3.63) is 0 Å². The van der Waals surface area contributed by atoms with Gasteiger partial charge < -0.3 is 5.32 Å². The van der Waals surface area contributed by atoms with Crippen molar-refractivity contribution in [2.45, 2.75) is 18.9 Å². The third kappa shape index (κ3) is 3.02. The van der Waals surface area contributed by atoms with Gasteiger partial charge in [0, 0.05) is 32.6 Å². The van der Waals surface area contributed by atoms with Crippen LogP contribution in [0, 0.1) is 22.7 Å². The van der Waals surface area contributed by atoms with Gasteiger partial charge >= 0.3 is 0 Å². The minimum absolute atomic E-state index is 0.00700. The standard InChI is InChI=1S/C9H14N4/c10-3-1-2-5-13-6-4-12-8-9(13)7-11/h9,12H,1-2,4-6,8H2. The fraction of sp³-hybridized carbons (Fsp3) is 0.778. The lowest BCUT2D eigenvalue weighted by Crippen LogP contribution is -2.50. The van der Waals surface area contributed by atoms with Crippen LogP contribution in [-0.4, -0.2) is 37.1 Å². The van der Waals surface area contributed by atoms with Gasteiger partial charge in [0.1, 0.15) is 6.04 Å². The molecule has 1 atom stereocenters. The van der Waals surface area contributed by atoms with E-state index in [4.69, 9.17) is 10.5 Å². The second-order valence-corrected chi connectivity index (χ2v) is 3.15. The third-order valence-corrected chi connectivity index (χ3v) is 2.24. The van der Waals surface area contributed by atoms with E-state index in [1.807, 2.05) is 0 Å². The van der Waals surface area contributed by atoms with Gasteiger partial charge in [0.05, 0.1) is 12.1 Å². The van der Waals surface area contributed by atoms with Crippen LogP contribution in [0.4, 0.5) is 0 Å². The van der Waals surface area contributed by atoms with Gasteiger partial charge in [0.25, 0.3) is 0 Å². The Morgan fingerprint density at radius 2 is 2.31 bits per heavy atom. The monoisotopic (exact) mass is 178 g/mol. The summed E-state index contributed by atoms with van der Waals surface area (Å²) >= 11 is 0. The minimum atomic E-state index is -0.00700. The highest BCUT2D eigenvalue weighted by Crippen LogP contribution is 2.03. The smallest absolute Gasteiger partial charge is 0.110 e. The lowest BCUT2D eigenvalue weighted by Gasteiger charge is -2.31. The Bertz CT molecular complexity index is 225. The lowest BCUT2D eigenvalue weighted by molar-refractivity contribution is 0.196. The van der Waals surface area contributed by atoms with E-state index in [1.165, 1.54) is 0 Å². The van der Waals surface area contributed by atoms with E-state index in [0.29, 0.717) is 6.42 Å². The molecule has 0 spiro atoms. The van der Waals surface area contributed by atoms with Crippen molar-refractivity contribution in [2.75, 3.05) is 26.2 Å². The molecule has 1 aliphatic rings. The predicted octanol–water partition coefficient (Wildman–Crippen LogP) is 0.0876. The number of nitrogens with zero attached hydrogens (tertiary/aromatic N) is 3. The Kier molecular flexibility index (Phi) is 4.25. The summed E-state index contributed by atoms with van der Waals surface area (Å²) in [5, 5.41) is 20.4. The van der Waals surface area contributed by atoms with E-state index < -0.39 is 0 Å². The third-order valence-electron chi connectivity index (χ3n) is 2.24. The molecule has 0 radical (unpaired) electrons. The van der Waals surface area contributed by atoms with Gasteiger partial charge in [-0.1, -0.05) is 0 Å². The number of hydrogen-bond acceptors (Lipinski definition) is 4. The molecule has 0 bridgehead atoms. The second kappa shape index (κ2) is 5.53. The summed E-state index contributed by atoms with van der Waals surface area (Å²) in [6, 6.07) is 4.37. The molecular formula is C9H14N4. The molecule has 1 fully saturated rings. The molecular weight excluding hydrogens is 164 g/mol. The summed E-state index contributed by atoms with van der Waals surface area (Å²) in [5.41, 5.74) is 0. The van der Waals surface area contributed by atoms with Crippen molar-refractivity contribution in [1.29, 1.82) is 10.5 Å². The van der Waals surface area contributed by atoms with E-state index in [9.17, 15) is 0 Å². The first-order chi connectivity index (χ1) is 6.38. The largest absolute Gasteiger partial charge is 0.313 e. The summed E-state index contributed by atoms with van der Waals surface area (Å²) in [6.45, 7) is 3.49. The fourth-order valence-electron chi connectivity index (χ4n) is 1.50. The van der Waals surface area contributed by atoms with Crippen LogP contribution in [0.3, 0.4) is 0 Å². The number of unbranched alkanes of at least 4 members (excludes halogenated alkanes) is 1. The highest BCUT2D eigenvalue weighted by molar-refractivity contribution is 4.96. The van der Waals surface area contributed by atoms with Crippen LogP contribution in [0.2, 0.25) is 0 Å². The van der Waals surface area contributed by atoms with Gasteiger partial charge in [-0.25, -0.2) is 0 Å². The van der Waals surface area contributed by atoms with Crippen LogP contribution in [0.15, 0.2) is 0 Å². The molecule has 1 unspecified atom stereocenters. The van der Waals surface area contributed by atoms with Crippen LogP contribution in [0.25, 0.3) is 0 Å². The van der Waals surface area contributed by atoms with E-state index >= 15 is 0 Å². The fourth-order valence-corrected chi connectivity index (χ4v) is 1.50. The summed E-state index contributed by atoms with van der Waals surface area (Å²) in [7, 11) is 0. The first-order valence-electron chi connectivity index (χ1n) is 4.60.